The minimum absolute atomic E-state index is 0.0677. The van der Waals surface area contributed by atoms with Crippen molar-refractivity contribution < 1.29 is 9.59 Å². The van der Waals surface area contributed by atoms with Gasteiger partial charge < -0.3 is 9.80 Å². The Bertz CT molecular complexity index is 704. The minimum Gasteiger partial charge on any atom is -0.332 e. The number of hydrogen-bond donors (Lipinski definition) is 0. The maximum Gasteiger partial charge on any atom is 0.274 e. The van der Waals surface area contributed by atoms with Gasteiger partial charge in [-0.05, 0) is 17.9 Å². The molecule has 0 radical (unpaired) electrons. The number of aromatic nitrogens is 2. The Balaban J connectivity index is 1.60. The van der Waals surface area contributed by atoms with E-state index in [-0.39, 0.29) is 23.9 Å². The van der Waals surface area contributed by atoms with Gasteiger partial charge in [0.05, 0.1) is 24.0 Å². The highest BCUT2D eigenvalue weighted by molar-refractivity contribution is 7.08. The molecule has 22 heavy (non-hydrogen) atoms. The molecule has 2 aromatic rings. The number of carbonyl (C=O) groups excluding carboxylic acids is 2. The van der Waals surface area contributed by atoms with Crippen molar-refractivity contribution in [3.63, 3.8) is 0 Å². The SMILES string of the molecule is O=C(c1cnccn1)N1CC[C@@H]2[C@@H]1CC(=O)N2c1ccsc1. The van der Waals surface area contributed by atoms with Crippen LogP contribution in [0.3, 0.4) is 0 Å². The lowest BCUT2D eigenvalue weighted by Gasteiger charge is -2.24. The third-order valence-electron chi connectivity index (χ3n) is 4.32. The van der Waals surface area contributed by atoms with Crippen molar-refractivity contribution in [2.45, 2.75) is 24.9 Å². The van der Waals surface area contributed by atoms with Crippen LogP contribution < -0.4 is 4.90 Å². The summed E-state index contributed by atoms with van der Waals surface area (Å²) in [4.78, 5) is 36.6. The molecule has 4 rings (SSSR count). The van der Waals surface area contributed by atoms with E-state index in [0.29, 0.717) is 18.7 Å². The highest BCUT2D eigenvalue weighted by Gasteiger charge is 2.49. The Morgan fingerprint density at radius 2 is 2.23 bits per heavy atom. The molecule has 6 nitrogen and oxygen atoms in total. The zero-order valence-corrected chi connectivity index (χ0v) is 12.6. The van der Waals surface area contributed by atoms with E-state index < -0.39 is 0 Å². The van der Waals surface area contributed by atoms with Gasteiger partial charge in [0.1, 0.15) is 5.69 Å². The van der Waals surface area contributed by atoms with Gasteiger partial charge in [0, 0.05) is 30.7 Å². The lowest BCUT2D eigenvalue weighted by Crippen LogP contribution is -2.40. The van der Waals surface area contributed by atoms with Crippen LogP contribution in [0.4, 0.5) is 5.69 Å². The third-order valence-corrected chi connectivity index (χ3v) is 4.99. The molecular formula is C15H14N4O2S. The standard InChI is InChI=1S/C15H14N4O2S/c20-14-7-13-12(19(14)10-2-6-22-9-10)1-5-18(13)15(21)11-8-16-3-4-17-11/h2-4,6,8-9,12-13H,1,5,7H2/t12-,13+/m1/s1. The zero-order valence-electron chi connectivity index (χ0n) is 11.8. The molecule has 0 spiro atoms. The average molecular weight is 314 g/mol. The van der Waals surface area contributed by atoms with Crippen LogP contribution in [0.15, 0.2) is 35.4 Å². The van der Waals surface area contributed by atoms with Gasteiger partial charge >= 0.3 is 0 Å². The van der Waals surface area contributed by atoms with E-state index in [1.807, 2.05) is 21.7 Å². The lowest BCUT2D eigenvalue weighted by atomic mass is 10.1. The first-order chi connectivity index (χ1) is 10.8. The zero-order chi connectivity index (χ0) is 15.1. The van der Waals surface area contributed by atoms with Crippen LogP contribution in [0.2, 0.25) is 0 Å². The minimum atomic E-state index is -0.138. The molecule has 2 saturated heterocycles. The van der Waals surface area contributed by atoms with Crippen LogP contribution in [-0.2, 0) is 4.79 Å². The van der Waals surface area contributed by atoms with Gasteiger partial charge in [-0.2, -0.15) is 11.3 Å². The molecule has 0 saturated carbocycles. The second kappa shape index (κ2) is 5.17. The molecule has 0 unspecified atom stereocenters. The Morgan fingerprint density at radius 3 is 2.95 bits per heavy atom. The molecule has 0 bridgehead atoms. The summed E-state index contributed by atoms with van der Waals surface area (Å²) in [6.07, 6.45) is 5.72. The molecule has 2 aliphatic heterocycles. The van der Waals surface area contributed by atoms with Gasteiger partial charge in [0.25, 0.3) is 5.91 Å². The van der Waals surface area contributed by atoms with Crippen molar-refractivity contribution in [2.75, 3.05) is 11.4 Å². The van der Waals surface area contributed by atoms with Crippen molar-refractivity contribution in [1.29, 1.82) is 0 Å². The van der Waals surface area contributed by atoms with E-state index in [1.165, 1.54) is 12.4 Å². The summed E-state index contributed by atoms with van der Waals surface area (Å²) in [7, 11) is 0. The monoisotopic (exact) mass is 314 g/mol. The summed E-state index contributed by atoms with van der Waals surface area (Å²) < 4.78 is 0. The number of nitrogens with zero attached hydrogens (tertiary/aromatic N) is 4. The topological polar surface area (TPSA) is 66.4 Å². The summed E-state index contributed by atoms with van der Waals surface area (Å²) in [5.41, 5.74) is 1.28. The Labute approximate surface area is 131 Å². The lowest BCUT2D eigenvalue weighted by molar-refractivity contribution is -0.117. The molecule has 2 atom stereocenters. The quantitative estimate of drug-likeness (QED) is 0.844. The first-order valence-corrected chi connectivity index (χ1v) is 8.11. The van der Waals surface area contributed by atoms with Crippen molar-refractivity contribution >= 4 is 28.8 Å². The summed E-state index contributed by atoms with van der Waals surface area (Å²) in [6, 6.07) is 1.96. The van der Waals surface area contributed by atoms with E-state index >= 15 is 0 Å². The summed E-state index contributed by atoms with van der Waals surface area (Å²) >= 11 is 1.57. The predicted octanol–water partition coefficient (Wildman–Crippen LogP) is 1.56. The fourth-order valence-electron chi connectivity index (χ4n) is 3.39. The van der Waals surface area contributed by atoms with Crippen molar-refractivity contribution in [2.24, 2.45) is 0 Å². The Kier molecular flexibility index (Phi) is 3.15. The summed E-state index contributed by atoms with van der Waals surface area (Å²) in [5, 5.41) is 3.95. The van der Waals surface area contributed by atoms with Gasteiger partial charge in [0.15, 0.2) is 0 Å². The molecule has 0 aromatic carbocycles. The maximum absolute atomic E-state index is 12.6. The highest BCUT2D eigenvalue weighted by Crippen LogP contribution is 2.37. The van der Waals surface area contributed by atoms with Crippen LogP contribution in [0, 0.1) is 0 Å². The number of anilines is 1. The normalized spacial score (nSPS) is 23.9. The number of amides is 2. The van der Waals surface area contributed by atoms with Gasteiger partial charge in [-0.25, -0.2) is 4.98 Å². The smallest absolute Gasteiger partial charge is 0.274 e. The molecule has 0 N–H and O–H groups in total. The molecule has 4 heterocycles. The molecule has 2 amide bonds. The first-order valence-electron chi connectivity index (χ1n) is 7.17. The fourth-order valence-corrected chi connectivity index (χ4v) is 4.01. The van der Waals surface area contributed by atoms with E-state index in [0.717, 1.165) is 12.1 Å². The largest absolute Gasteiger partial charge is 0.332 e. The summed E-state index contributed by atoms with van der Waals surface area (Å²) in [6.45, 7) is 0.651. The van der Waals surface area contributed by atoms with Crippen LogP contribution in [0.1, 0.15) is 23.3 Å². The van der Waals surface area contributed by atoms with Gasteiger partial charge in [-0.15, -0.1) is 0 Å². The number of fused-ring (bicyclic) bond motifs is 1. The van der Waals surface area contributed by atoms with Crippen LogP contribution >= 0.6 is 11.3 Å². The second-order valence-electron chi connectivity index (χ2n) is 5.46. The summed E-state index contributed by atoms with van der Waals surface area (Å²) in [5.74, 6) is -0.0504. The van der Waals surface area contributed by atoms with E-state index in [1.54, 1.807) is 22.4 Å². The third kappa shape index (κ3) is 2.00. The number of rotatable bonds is 2. The second-order valence-corrected chi connectivity index (χ2v) is 6.24. The van der Waals surface area contributed by atoms with Gasteiger partial charge in [-0.3, -0.25) is 14.6 Å². The van der Waals surface area contributed by atoms with Crippen LogP contribution in [0.5, 0.6) is 0 Å². The highest BCUT2D eigenvalue weighted by atomic mass is 32.1. The van der Waals surface area contributed by atoms with Gasteiger partial charge in [-0.1, -0.05) is 0 Å². The van der Waals surface area contributed by atoms with E-state index in [2.05, 4.69) is 9.97 Å². The Hall–Kier alpha value is -2.28. The van der Waals surface area contributed by atoms with Crippen LogP contribution in [0.25, 0.3) is 0 Å². The molecule has 0 aliphatic carbocycles. The van der Waals surface area contributed by atoms with E-state index in [4.69, 9.17) is 0 Å². The molecule has 112 valence electrons. The number of carbonyl (C=O) groups is 2. The molecule has 2 fully saturated rings. The predicted molar refractivity (Wildman–Crippen MR) is 81.7 cm³/mol. The molecular weight excluding hydrogens is 300 g/mol. The molecule has 2 aliphatic rings. The van der Waals surface area contributed by atoms with E-state index in [9.17, 15) is 9.59 Å². The average Bonchev–Trinajstić information content (AvgIpc) is 3.24. The Morgan fingerprint density at radius 1 is 1.32 bits per heavy atom. The first kappa shape index (κ1) is 13.4. The van der Waals surface area contributed by atoms with Gasteiger partial charge in [0.2, 0.25) is 5.91 Å². The maximum atomic E-state index is 12.6. The number of likely N-dealkylation sites (tertiary alicyclic amines) is 1. The number of thiophene rings is 1. The fraction of sp³-hybridized carbons (Fsp3) is 0.333. The number of hydrogen-bond acceptors (Lipinski definition) is 5. The molecule has 7 heteroatoms. The molecule has 2 aromatic heterocycles. The van der Waals surface area contributed by atoms with Crippen molar-refractivity contribution in [3.8, 4) is 0 Å². The van der Waals surface area contributed by atoms with Crippen molar-refractivity contribution in [1.82, 2.24) is 14.9 Å². The van der Waals surface area contributed by atoms with Crippen LogP contribution in [-0.4, -0.2) is 45.3 Å². The van der Waals surface area contributed by atoms with Crippen molar-refractivity contribution in [3.05, 3.63) is 41.1 Å².